The predicted octanol–water partition coefficient (Wildman–Crippen LogP) is 4.79. The van der Waals surface area contributed by atoms with Crippen LogP contribution in [0.4, 0.5) is 17.6 Å². The molecule has 3 nitrogen and oxygen atoms in total. The van der Waals surface area contributed by atoms with Crippen molar-refractivity contribution in [1.29, 1.82) is 5.26 Å². The molecule has 0 spiro atoms. The number of hydrogen-bond donors (Lipinski definition) is 1. The maximum Gasteiger partial charge on any atom is 0.416 e. The third-order valence-electron chi connectivity index (χ3n) is 3.42. The third kappa shape index (κ3) is 4.57. The molecule has 0 saturated carbocycles. The van der Waals surface area contributed by atoms with Gasteiger partial charge in [0.15, 0.2) is 0 Å². The lowest BCUT2D eigenvalue weighted by molar-refractivity contribution is -0.137. The Labute approximate surface area is 146 Å². The number of rotatable bonds is 4. The van der Waals surface area contributed by atoms with Crippen LogP contribution in [-0.2, 0) is 11.0 Å². The van der Waals surface area contributed by atoms with Crippen LogP contribution in [0.5, 0.6) is 0 Å². The molecule has 0 radical (unpaired) electrons. The lowest BCUT2D eigenvalue weighted by Gasteiger charge is -2.11. The van der Waals surface area contributed by atoms with Gasteiger partial charge in [-0.2, -0.15) is 18.4 Å². The summed E-state index contributed by atoms with van der Waals surface area (Å²) in [7, 11) is 0. The second-order valence-electron chi connectivity index (χ2n) is 5.16. The average molecular weight is 361 g/mol. The van der Waals surface area contributed by atoms with Gasteiger partial charge in [-0.05, 0) is 41.0 Å². The van der Waals surface area contributed by atoms with Gasteiger partial charge in [-0.3, -0.25) is 0 Å². The Morgan fingerprint density at radius 3 is 2.23 bits per heavy atom. The van der Waals surface area contributed by atoms with E-state index in [4.69, 9.17) is 10.4 Å². The number of carboxylic acid groups (broad SMARTS) is 1. The van der Waals surface area contributed by atoms with Crippen LogP contribution in [0.1, 0.15) is 22.3 Å². The van der Waals surface area contributed by atoms with Crippen molar-refractivity contribution in [3.63, 3.8) is 0 Å². The number of halogens is 4. The lowest BCUT2D eigenvalue weighted by Crippen LogP contribution is -2.04. The summed E-state index contributed by atoms with van der Waals surface area (Å²) in [5.41, 5.74) is -0.0185. The molecule has 0 aliphatic rings. The van der Waals surface area contributed by atoms with E-state index >= 15 is 0 Å². The minimum atomic E-state index is -4.49. The van der Waals surface area contributed by atoms with Crippen molar-refractivity contribution in [3.05, 3.63) is 88.8 Å². The molecule has 2 rings (SSSR count). The second kappa shape index (κ2) is 7.66. The van der Waals surface area contributed by atoms with Gasteiger partial charge in [-0.1, -0.05) is 30.4 Å². The summed E-state index contributed by atoms with van der Waals surface area (Å²) in [5, 5.41) is 17.6. The summed E-state index contributed by atoms with van der Waals surface area (Å²) in [6.07, 6.45) is -1.08. The maximum absolute atomic E-state index is 13.5. The summed E-state index contributed by atoms with van der Waals surface area (Å²) < 4.78 is 51.6. The van der Waals surface area contributed by atoms with Crippen LogP contribution in [0.15, 0.2) is 60.7 Å². The Morgan fingerprint density at radius 2 is 1.69 bits per heavy atom. The number of nitriles is 1. The van der Waals surface area contributed by atoms with Gasteiger partial charge in [0, 0.05) is 6.08 Å². The van der Waals surface area contributed by atoms with Gasteiger partial charge in [-0.25, -0.2) is 9.18 Å². The summed E-state index contributed by atoms with van der Waals surface area (Å²) in [6, 6.07) is 9.56. The Bertz CT molecular complexity index is 920. The first-order chi connectivity index (χ1) is 12.2. The highest BCUT2D eigenvalue weighted by atomic mass is 19.4. The summed E-state index contributed by atoms with van der Waals surface area (Å²) in [5.74, 6) is -1.94. The lowest BCUT2D eigenvalue weighted by atomic mass is 9.95. The number of alkyl halides is 3. The van der Waals surface area contributed by atoms with E-state index in [1.165, 1.54) is 36.4 Å². The van der Waals surface area contributed by atoms with Crippen molar-refractivity contribution in [2.75, 3.05) is 0 Å². The smallest absolute Gasteiger partial charge is 0.416 e. The number of nitrogens with zero attached hydrogens (tertiary/aromatic N) is 1. The fraction of sp³-hybridized carbons (Fsp3) is 0.0526. The zero-order valence-electron chi connectivity index (χ0n) is 13.1. The first-order valence-electron chi connectivity index (χ1n) is 7.21. The van der Waals surface area contributed by atoms with Gasteiger partial charge in [-0.15, -0.1) is 0 Å². The predicted molar refractivity (Wildman–Crippen MR) is 86.4 cm³/mol. The molecule has 132 valence electrons. The molecule has 2 aromatic carbocycles. The first kappa shape index (κ1) is 18.9. The van der Waals surface area contributed by atoms with E-state index in [1.54, 1.807) is 6.07 Å². The van der Waals surface area contributed by atoms with Gasteiger partial charge in [0.1, 0.15) is 11.9 Å². The van der Waals surface area contributed by atoms with Crippen molar-refractivity contribution >= 4 is 11.5 Å². The number of carboxylic acids is 1. The summed E-state index contributed by atoms with van der Waals surface area (Å²) >= 11 is 0. The van der Waals surface area contributed by atoms with E-state index in [1.807, 2.05) is 0 Å². The highest BCUT2D eigenvalue weighted by Crippen LogP contribution is 2.31. The van der Waals surface area contributed by atoms with Crippen molar-refractivity contribution < 1.29 is 27.5 Å². The summed E-state index contributed by atoms with van der Waals surface area (Å²) in [4.78, 5) is 10.6. The zero-order valence-corrected chi connectivity index (χ0v) is 13.1. The molecule has 2 aromatic rings. The number of allylic oxidation sites excluding steroid dienone is 2. The molecule has 0 amide bonds. The van der Waals surface area contributed by atoms with Gasteiger partial charge in [0.25, 0.3) is 0 Å². The number of aliphatic carboxylic acids is 1. The van der Waals surface area contributed by atoms with Crippen LogP contribution in [0.3, 0.4) is 0 Å². The molecule has 0 aromatic heterocycles. The molecule has 1 N–H and O–H groups in total. The van der Waals surface area contributed by atoms with E-state index < -0.39 is 23.5 Å². The van der Waals surface area contributed by atoms with E-state index in [9.17, 15) is 22.4 Å². The maximum atomic E-state index is 13.5. The largest absolute Gasteiger partial charge is 0.478 e. The minimum absolute atomic E-state index is 0.234. The van der Waals surface area contributed by atoms with E-state index in [0.29, 0.717) is 16.7 Å². The van der Waals surface area contributed by atoms with Crippen LogP contribution < -0.4 is 0 Å². The van der Waals surface area contributed by atoms with Crippen LogP contribution >= 0.6 is 0 Å². The van der Waals surface area contributed by atoms with Crippen LogP contribution in [0.25, 0.3) is 5.57 Å². The molecule has 0 heterocycles. The Hall–Kier alpha value is -3.40. The van der Waals surface area contributed by atoms with E-state index in [-0.39, 0.29) is 5.56 Å². The van der Waals surface area contributed by atoms with Crippen LogP contribution in [-0.4, -0.2) is 11.1 Å². The SMILES string of the molecule is N#Cc1cc(/C(=C/C=C/C(=O)O)c2ccc(C(F)(F)F)cc2)ccc1F. The molecule has 0 aliphatic heterocycles. The van der Waals surface area contributed by atoms with Crippen molar-refractivity contribution in [1.82, 2.24) is 0 Å². The molecule has 7 heteroatoms. The second-order valence-corrected chi connectivity index (χ2v) is 5.16. The van der Waals surface area contributed by atoms with Gasteiger partial charge >= 0.3 is 12.1 Å². The van der Waals surface area contributed by atoms with Crippen molar-refractivity contribution in [3.8, 4) is 6.07 Å². The molecule has 0 saturated heterocycles. The highest BCUT2D eigenvalue weighted by molar-refractivity contribution is 5.84. The quantitative estimate of drug-likeness (QED) is 0.484. The van der Waals surface area contributed by atoms with Gasteiger partial charge in [0.05, 0.1) is 11.1 Å². The fourth-order valence-electron chi connectivity index (χ4n) is 2.20. The Balaban J connectivity index is 2.55. The van der Waals surface area contributed by atoms with Gasteiger partial charge < -0.3 is 5.11 Å². The van der Waals surface area contributed by atoms with Crippen molar-refractivity contribution in [2.24, 2.45) is 0 Å². The number of benzene rings is 2. The molecule has 26 heavy (non-hydrogen) atoms. The zero-order chi connectivity index (χ0) is 19.3. The molecule has 0 atom stereocenters. The van der Waals surface area contributed by atoms with E-state index in [0.717, 1.165) is 24.3 Å². The fourth-order valence-corrected chi connectivity index (χ4v) is 2.20. The standard InChI is InChI=1S/C19H11F4NO2/c20-17-9-6-13(10-14(17)11-24)16(2-1-3-18(25)26)12-4-7-15(8-5-12)19(21,22)23/h1-10H,(H,25,26)/b3-1+,16-2+. The minimum Gasteiger partial charge on any atom is -0.478 e. The topological polar surface area (TPSA) is 61.1 Å². The monoisotopic (exact) mass is 361 g/mol. The molecular formula is C19H11F4NO2. The van der Waals surface area contributed by atoms with Crippen LogP contribution in [0, 0.1) is 17.1 Å². The molecular weight excluding hydrogens is 350 g/mol. The van der Waals surface area contributed by atoms with Crippen LogP contribution in [0.2, 0.25) is 0 Å². The first-order valence-corrected chi connectivity index (χ1v) is 7.21. The Morgan fingerprint density at radius 1 is 1.08 bits per heavy atom. The third-order valence-corrected chi connectivity index (χ3v) is 3.42. The Kier molecular flexibility index (Phi) is 5.58. The van der Waals surface area contributed by atoms with Crippen molar-refractivity contribution in [2.45, 2.75) is 6.18 Å². The normalized spacial score (nSPS) is 12.2. The number of hydrogen-bond acceptors (Lipinski definition) is 2. The molecule has 0 fully saturated rings. The molecule has 0 bridgehead atoms. The molecule has 0 aliphatic carbocycles. The number of carbonyl (C=O) groups is 1. The van der Waals surface area contributed by atoms with Gasteiger partial charge in [0.2, 0.25) is 0 Å². The highest BCUT2D eigenvalue weighted by Gasteiger charge is 2.30. The summed E-state index contributed by atoms with van der Waals surface area (Å²) in [6.45, 7) is 0. The molecule has 0 unspecified atom stereocenters. The average Bonchev–Trinajstić information content (AvgIpc) is 2.59. The van der Waals surface area contributed by atoms with E-state index in [2.05, 4.69) is 0 Å².